The van der Waals surface area contributed by atoms with Crippen LogP contribution in [0.5, 0.6) is 0 Å². The predicted molar refractivity (Wildman–Crippen MR) is 74.0 cm³/mol. The van der Waals surface area contributed by atoms with E-state index in [2.05, 4.69) is 27.3 Å². The van der Waals surface area contributed by atoms with Crippen molar-refractivity contribution in [2.45, 2.75) is 10.5 Å². The number of anilines is 1. The van der Waals surface area contributed by atoms with Crippen molar-refractivity contribution in [1.82, 2.24) is 0 Å². The van der Waals surface area contributed by atoms with Crippen LogP contribution in [0.4, 0.5) is 5.69 Å². The Labute approximate surface area is 111 Å². The van der Waals surface area contributed by atoms with Gasteiger partial charge in [0.25, 0.3) is 5.91 Å². The lowest BCUT2D eigenvalue weighted by atomic mass is 10.1. The van der Waals surface area contributed by atoms with E-state index in [1.54, 1.807) is 23.5 Å². The zero-order valence-electron chi connectivity index (χ0n) is 8.46. The largest absolute Gasteiger partial charge is 0.323 e. The van der Waals surface area contributed by atoms with Crippen LogP contribution in [0, 0.1) is 0 Å². The fourth-order valence-electron chi connectivity index (χ4n) is 2.04. The highest BCUT2D eigenvalue weighted by molar-refractivity contribution is 9.10. The van der Waals surface area contributed by atoms with Crippen LogP contribution in [0.1, 0.15) is 12.0 Å². The van der Waals surface area contributed by atoms with Crippen LogP contribution >= 0.6 is 39.5 Å². The van der Waals surface area contributed by atoms with Crippen molar-refractivity contribution in [3.05, 3.63) is 28.2 Å². The Morgan fingerprint density at radius 2 is 2.06 bits per heavy atom. The molecule has 1 amide bonds. The Balaban J connectivity index is 2.13. The van der Waals surface area contributed by atoms with Crippen molar-refractivity contribution in [2.24, 2.45) is 0 Å². The summed E-state index contributed by atoms with van der Waals surface area (Å²) in [5.41, 5.74) is 2.09. The summed E-state index contributed by atoms with van der Waals surface area (Å²) in [7, 11) is 0. The molecule has 0 atom stereocenters. The molecule has 0 saturated carbocycles. The molecule has 1 aromatic rings. The number of rotatable bonds is 0. The van der Waals surface area contributed by atoms with Crippen LogP contribution in [-0.4, -0.2) is 17.4 Å². The normalized spacial score (nSPS) is 21.9. The van der Waals surface area contributed by atoms with Crippen molar-refractivity contribution in [3.8, 4) is 0 Å². The highest BCUT2D eigenvalue weighted by Crippen LogP contribution is 2.56. The van der Waals surface area contributed by atoms with Crippen LogP contribution in [0.15, 0.2) is 22.7 Å². The molecule has 5 heteroatoms. The lowest BCUT2D eigenvalue weighted by molar-refractivity contribution is -0.116. The third-order valence-corrected chi connectivity index (χ3v) is 6.59. The second kappa shape index (κ2) is 3.96. The molecule has 0 bridgehead atoms. The number of amides is 1. The highest BCUT2D eigenvalue weighted by atomic mass is 79.9. The van der Waals surface area contributed by atoms with Gasteiger partial charge < -0.3 is 5.32 Å². The molecule has 3 rings (SSSR count). The number of fused-ring (bicyclic) bond motifs is 2. The Kier molecular flexibility index (Phi) is 2.72. The smallest absolute Gasteiger partial charge is 0.255 e. The van der Waals surface area contributed by atoms with Gasteiger partial charge in [-0.3, -0.25) is 4.79 Å². The molecule has 1 fully saturated rings. The second-order valence-electron chi connectivity index (χ2n) is 3.81. The second-order valence-corrected chi connectivity index (χ2v) is 7.60. The van der Waals surface area contributed by atoms with E-state index in [9.17, 15) is 4.79 Å². The number of nitrogens with one attached hydrogen (secondary N) is 1. The Hall–Kier alpha value is -0.130. The fraction of sp³-hybridized carbons (Fsp3) is 0.364. The van der Waals surface area contributed by atoms with Gasteiger partial charge in [-0.25, -0.2) is 0 Å². The lowest BCUT2D eigenvalue weighted by Gasteiger charge is -2.30. The predicted octanol–water partition coefficient (Wildman–Crippen LogP) is 3.42. The third kappa shape index (κ3) is 1.52. The number of thioether (sulfide) groups is 2. The average molecular weight is 316 g/mol. The fourth-order valence-corrected chi connectivity index (χ4v) is 5.59. The SMILES string of the molecule is O=C1Nc2ccc(Br)cc2C12SCCCS2. The van der Waals surface area contributed by atoms with Crippen molar-refractivity contribution in [2.75, 3.05) is 16.8 Å². The molecular weight excluding hydrogens is 306 g/mol. The zero-order chi connectivity index (χ0) is 11.2. The van der Waals surface area contributed by atoms with E-state index < -0.39 is 4.08 Å². The van der Waals surface area contributed by atoms with Gasteiger partial charge >= 0.3 is 0 Å². The monoisotopic (exact) mass is 315 g/mol. The summed E-state index contributed by atoms with van der Waals surface area (Å²) in [6, 6.07) is 6.01. The van der Waals surface area contributed by atoms with Gasteiger partial charge in [0.15, 0.2) is 4.08 Å². The number of carbonyl (C=O) groups is 1. The third-order valence-electron chi connectivity index (χ3n) is 2.78. The molecule has 0 aliphatic carbocycles. The van der Waals surface area contributed by atoms with Gasteiger partial charge in [0.2, 0.25) is 0 Å². The summed E-state index contributed by atoms with van der Waals surface area (Å²) < 4.78 is 0.645. The first-order valence-electron chi connectivity index (χ1n) is 5.12. The summed E-state index contributed by atoms with van der Waals surface area (Å²) in [6.07, 6.45) is 1.19. The van der Waals surface area contributed by atoms with E-state index in [4.69, 9.17) is 0 Å². The lowest BCUT2D eigenvalue weighted by Crippen LogP contribution is -2.30. The van der Waals surface area contributed by atoms with Crippen molar-refractivity contribution in [1.29, 1.82) is 0 Å². The zero-order valence-corrected chi connectivity index (χ0v) is 11.7. The maximum Gasteiger partial charge on any atom is 0.255 e. The molecule has 1 spiro atoms. The maximum absolute atomic E-state index is 12.2. The molecule has 16 heavy (non-hydrogen) atoms. The molecule has 2 aliphatic rings. The molecule has 1 saturated heterocycles. The minimum atomic E-state index is -0.392. The van der Waals surface area contributed by atoms with Crippen LogP contribution in [0.3, 0.4) is 0 Å². The molecule has 0 radical (unpaired) electrons. The van der Waals surface area contributed by atoms with E-state index in [-0.39, 0.29) is 5.91 Å². The van der Waals surface area contributed by atoms with Gasteiger partial charge in [-0.2, -0.15) is 0 Å². The average Bonchev–Trinajstić information content (AvgIpc) is 2.55. The Bertz CT molecular complexity index is 457. The molecule has 1 N–H and O–H groups in total. The number of hydrogen-bond donors (Lipinski definition) is 1. The first-order valence-corrected chi connectivity index (χ1v) is 7.88. The molecule has 2 nitrogen and oxygen atoms in total. The van der Waals surface area contributed by atoms with E-state index in [0.717, 1.165) is 27.2 Å². The van der Waals surface area contributed by atoms with Crippen LogP contribution in [-0.2, 0) is 8.87 Å². The summed E-state index contributed by atoms with van der Waals surface area (Å²) in [5.74, 6) is 2.26. The van der Waals surface area contributed by atoms with Gasteiger partial charge in [0, 0.05) is 15.7 Å². The van der Waals surface area contributed by atoms with E-state index in [0.29, 0.717) is 0 Å². The first-order chi connectivity index (χ1) is 7.72. The summed E-state index contributed by atoms with van der Waals surface area (Å²) in [6.45, 7) is 0. The summed E-state index contributed by atoms with van der Waals surface area (Å²) in [5, 5.41) is 2.98. The number of carbonyl (C=O) groups excluding carboxylic acids is 1. The van der Waals surface area contributed by atoms with Gasteiger partial charge in [0.05, 0.1) is 0 Å². The van der Waals surface area contributed by atoms with Gasteiger partial charge in [0.1, 0.15) is 0 Å². The highest BCUT2D eigenvalue weighted by Gasteiger charge is 2.49. The van der Waals surface area contributed by atoms with Crippen LogP contribution < -0.4 is 5.32 Å². The molecule has 0 unspecified atom stereocenters. The standard InChI is InChI=1S/C11H10BrNOS2/c12-7-2-3-9-8(6-7)11(10(14)13-9)15-4-1-5-16-11/h2-3,6H,1,4-5H2,(H,13,14). The molecule has 1 aromatic carbocycles. The van der Waals surface area contributed by atoms with Gasteiger partial charge in [-0.05, 0) is 36.1 Å². The topological polar surface area (TPSA) is 29.1 Å². The Morgan fingerprint density at radius 1 is 1.31 bits per heavy atom. The van der Waals surface area contributed by atoms with E-state index >= 15 is 0 Å². The van der Waals surface area contributed by atoms with Crippen LogP contribution in [0.2, 0.25) is 0 Å². The van der Waals surface area contributed by atoms with Gasteiger partial charge in [-0.15, -0.1) is 23.5 Å². The molecule has 2 aliphatic heterocycles. The number of hydrogen-bond acceptors (Lipinski definition) is 3. The Morgan fingerprint density at radius 3 is 2.81 bits per heavy atom. The molecule has 0 aromatic heterocycles. The van der Waals surface area contributed by atoms with Crippen molar-refractivity contribution < 1.29 is 4.79 Å². The maximum atomic E-state index is 12.2. The van der Waals surface area contributed by atoms with Crippen LogP contribution in [0.25, 0.3) is 0 Å². The summed E-state index contributed by atoms with van der Waals surface area (Å²) in [4.78, 5) is 12.2. The quantitative estimate of drug-likeness (QED) is 0.795. The number of halogens is 1. The molecular formula is C11H10BrNOS2. The molecule has 2 heterocycles. The van der Waals surface area contributed by atoms with Crippen molar-refractivity contribution in [3.63, 3.8) is 0 Å². The van der Waals surface area contributed by atoms with Gasteiger partial charge in [-0.1, -0.05) is 15.9 Å². The van der Waals surface area contributed by atoms with Crippen molar-refractivity contribution >= 4 is 51.0 Å². The summed E-state index contributed by atoms with van der Waals surface area (Å²) >= 11 is 7.00. The number of benzene rings is 1. The van der Waals surface area contributed by atoms with E-state index in [1.807, 2.05) is 12.1 Å². The minimum absolute atomic E-state index is 0.135. The minimum Gasteiger partial charge on any atom is -0.323 e. The molecule has 84 valence electrons. The van der Waals surface area contributed by atoms with E-state index in [1.165, 1.54) is 6.42 Å². The first kappa shape index (κ1) is 11.0.